The fourth-order valence-electron chi connectivity index (χ4n) is 2.83. The Kier molecular flexibility index (Phi) is 5.16. The van der Waals surface area contributed by atoms with E-state index in [-0.39, 0.29) is 6.04 Å². The highest BCUT2D eigenvalue weighted by molar-refractivity contribution is 14.1. The number of halogens is 2. The van der Waals surface area contributed by atoms with Crippen LogP contribution >= 0.6 is 34.2 Å². The fourth-order valence-corrected chi connectivity index (χ4v) is 3.87. The molecule has 1 aliphatic rings. The van der Waals surface area contributed by atoms with E-state index < -0.39 is 0 Å². The van der Waals surface area contributed by atoms with Crippen molar-refractivity contribution in [3.63, 3.8) is 0 Å². The number of alkyl halides is 1. The van der Waals surface area contributed by atoms with Crippen LogP contribution in [0.15, 0.2) is 54.6 Å². The molecule has 3 rings (SSSR count). The van der Waals surface area contributed by atoms with E-state index in [0.29, 0.717) is 4.05 Å². The fraction of sp³-hybridized carbons (Fsp3) is 0.294. The first-order valence-electron chi connectivity index (χ1n) is 7.16. The van der Waals surface area contributed by atoms with Crippen molar-refractivity contribution in [1.29, 1.82) is 0 Å². The van der Waals surface area contributed by atoms with Crippen molar-refractivity contribution in [3.05, 3.63) is 70.7 Å². The van der Waals surface area contributed by atoms with E-state index in [1.54, 1.807) is 0 Å². The first kappa shape index (κ1) is 15.3. The lowest BCUT2D eigenvalue weighted by Crippen LogP contribution is -2.49. The highest BCUT2D eigenvalue weighted by atomic mass is 127. The van der Waals surface area contributed by atoms with Gasteiger partial charge in [0.1, 0.15) is 0 Å². The third-order valence-corrected chi connectivity index (χ3v) is 5.26. The van der Waals surface area contributed by atoms with Gasteiger partial charge < -0.3 is 5.32 Å². The summed E-state index contributed by atoms with van der Waals surface area (Å²) in [7, 11) is 0. The van der Waals surface area contributed by atoms with E-state index in [2.05, 4.69) is 75.3 Å². The molecular formula is C17H18ClIN2. The maximum absolute atomic E-state index is 6.05. The van der Waals surface area contributed by atoms with Crippen molar-refractivity contribution in [1.82, 2.24) is 10.2 Å². The minimum atomic E-state index is 0.285. The van der Waals surface area contributed by atoms with Crippen LogP contribution in [0, 0.1) is 0 Å². The number of rotatable bonds is 3. The SMILES string of the molecule is Clc1ccc(C(c2ccccc2)N2CCNCC2I)cc1. The summed E-state index contributed by atoms with van der Waals surface area (Å²) in [5.41, 5.74) is 2.64. The van der Waals surface area contributed by atoms with Gasteiger partial charge in [0.2, 0.25) is 0 Å². The number of nitrogens with one attached hydrogen (secondary N) is 1. The van der Waals surface area contributed by atoms with Crippen molar-refractivity contribution in [2.45, 2.75) is 10.1 Å². The lowest BCUT2D eigenvalue weighted by molar-refractivity contribution is 0.187. The quantitative estimate of drug-likeness (QED) is 0.464. The lowest BCUT2D eigenvalue weighted by atomic mass is 9.96. The van der Waals surface area contributed by atoms with Crippen LogP contribution in [-0.4, -0.2) is 28.6 Å². The molecule has 0 amide bonds. The molecule has 1 saturated heterocycles. The van der Waals surface area contributed by atoms with Crippen LogP contribution in [0.1, 0.15) is 17.2 Å². The molecule has 2 nitrogen and oxygen atoms in total. The normalized spacial score (nSPS) is 21.1. The zero-order valence-corrected chi connectivity index (χ0v) is 14.6. The summed E-state index contributed by atoms with van der Waals surface area (Å²) in [4.78, 5) is 2.57. The maximum Gasteiger partial charge on any atom is 0.0753 e. The summed E-state index contributed by atoms with van der Waals surface area (Å²) < 4.78 is 0.484. The summed E-state index contributed by atoms with van der Waals surface area (Å²) in [6.45, 7) is 3.11. The van der Waals surface area contributed by atoms with Crippen LogP contribution < -0.4 is 5.32 Å². The van der Waals surface area contributed by atoms with Crippen molar-refractivity contribution in [2.75, 3.05) is 19.6 Å². The second-order valence-corrected chi connectivity index (χ2v) is 7.12. The van der Waals surface area contributed by atoms with Gasteiger partial charge in [0.25, 0.3) is 0 Å². The van der Waals surface area contributed by atoms with Crippen molar-refractivity contribution >= 4 is 34.2 Å². The molecular weight excluding hydrogens is 395 g/mol. The second kappa shape index (κ2) is 7.09. The molecule has 0 aliphatic carbocycles. The molecule has 2 aromatic rings. The summed E-state index contributed by atoms with van der Waals surface area (Å²) in [6, 6.07) is 19.3. The highest BCUT2D eigenvalue weighted by Gasteiger charge is 2.29. The molecule has 0 saturated carbocycles. The topological polar surface area (TPSA) is 15.3 Å². The standard InChI is InChI=1S/C17H18ClIN2/c18-15-8-6-14(7-9-15)17(13-4-2-1-3-5-13)21-11-10-20-12-16(21)19/h1-9,16-17,20H,10-12H2. The third kappa shape index (κ3) is 3.59. The molecule has 2 aromatic carbocycles. The van der Waals surface area contributed by atoms with Gasteiger partial charge in [-0.05, 0) is 23.3 Å². The Morgan fingerprint density at radius 3 is 2.38 bits per heavy atom. The zero-order chi connectivity index (χ0) is 14.7. The van der Waals surface area contributed by atoms with E-state index in [4.69, 9.17) is 11.6 Å². The molecule has 0 aromatic heterocycles. The molecule has 1 heterocycles. The van der Waals surface area contributed by atoms with Gasteiger partial charge in [-0.1, -0.05) is 76.7 Å². The van der Waals surface area contributed by atoms with Gasteiger partial charge >= 0.3 is 0 Å². The van der Waals surface area contributed by atoms with Gasteiger partial charge in [-0.15, -0.1) is 0 Å². The average molecular weight is 413 g/mol. The van der Waals surface area contributed by atoms with Crippen LogP contribution in [-0.2, 0) is 0 Å². The maximum atomic E-state index is 6.05. The molecule has 0 radical (unpaired) electrons. The molecule has 110 valence electrons. The number of nitrogens with zero attached hydrogens (tertiary/aromatic N) is 1. The Bertz CT molecular complexity index is 573. The van der Waals surface area contributed by atoms with Crippen molar-refractivity contribution in [2.24, 2.45) is 0 Å². The Labute approximate surface area is 144 Å². The number of piperazine rings is 1. The monoisotopic (exact) mass is 412 g/mol. The van der Waals surface area contributed by atoms with Gasteiger partial charge in [0.15, 0.2) is 0 Å². The summed E-state index contributed by atoms with van der Waals surface area (Å²) in [6.07, 6.45) is 0. The Balaban J connectivity index is 2.00. The van der Waals surface area contributed by atoms with E-state index in [1.807, 2.05) is 12.1 Å². The number of hydrogen-bond donors (Lipinski definition) is 1. The van der Waals surface area contributed by atoms with Crippen molar-refractivity contribution in [3.8, 4) is 0 Å². The van der Waals surface area contributed by atoms with Crippen LogP contribution in [0.5, 0.6) is 0 Å². The Morgan fingerprint density at radius 1 is 1.05 bits per heavy atom. The summed E-state index contributed by atoms with van der Waals surface area (Å²) in [5.74, 6) is 0. The molecule has 1 N–H and O–H groups in total. The largest absolute Gasteiger partial charge is 0.313 e. The molecule has 1 fully saturated rings. The summed E-state index contributed by atoms with van der Waals surface area (Å²) >= 11 is 8.58. The molecule has 2 unspecified atom stereocenters. The molecule has 0 spiro atoms. The number of hydrogen-bond acceptors (Lipinski definition) is 2. The zero-order valence-electron chi connectivity index (χ0n) is 11.7. The minimum Gasteiger partial charge on any atom is -0.313 e. The van der Waals surface area contributed by atoms with Crippen molar-refractivity contribution < 1.29 is 0 Å². The molecule has 0 bridgehead atoms. The van der Waals surface area contributed by atoms with Crippen LogP contribution in [0.4, 0.5) is 0 Å². The molecule has 2 atom stereocenters. The van der Waals surface area contributed by atoms with Gasteiger partial charge in [0, 0.05) is 24.7 Å². The predicted molar refractivity (Wildman–Crippen MR) is 97.1 cm³/mol. The Hall–Kier alpha value is -0.620. The van der Waals surface area contributed by atoms with E-state index in [1.165, 1.54) is 11.1 Å². The Morgan fingerprint density at radius 2 is 1.71 bits per heavy atom. The van der Waals surface area contributed by atoms with E-state index in [9.17, 15) is 0 Å². The summed E-state index contributed by atoms with van der Waals surface area (Å²) in [5, 5.41) is 4.25. The highest BCUT2D eigenvalue weighted by Crippen LogP contribution is 2.33. The first-order valence-corrected chi connectivity index (χ1v) is 8.79. The van der Waals surface area contributed by atoms with Gasteiger partial charge in [-0.2, -0.15) is 0 Å². The minimum absolute atomic E-state index is 0.285. The third-order valence-electron chi connectivity index (χ3n) is 3.85. The van der Waals surface area contributed by atoms with Gasteiger partial charge in [-0.3, -0.25) is 4.90 Å². The molecule has 4 heteroatoms. The van der Waals surface area contributed by atoms with E-state index >= 15 is 0 Å². The first-order chi connectivity index (χ1) is 10.3. The second-order valence-electron chi connectivity index (χ2n) is 5.24. The predicted octanol–water partition coefficient (Wildman–Crippen LogP) is 4.10. The van der Waals surface area contributed by atoms with Crippen LogP contribution in [0.25, 0.3) is 0 Å². The lowest BCUT2D eigenvalue weighted by Gasteiger charge is -2.39. The van der Waals surface area contributed by atoms with Gasteiger partial charge in [-0.25, -0.2) is 0 Å². The molecule has 1 aliphatic heterocycles. The van der Waals surface area contributed by atoms with E-state index in [0.717, 1.165) is 24.7 Å². The number of benzene rings is 2. The van der Waals surface area contributed by atoms with Crippen LogP contribution in [0.2, 0.25) is 5.02 Å². The van der Waals surface area contributed by atoms with Crippen LogP contribution in [0.3, 0.4) is 0 Å². The average Bonchev–Trinajstić information content (AvgIpc) is 2.52. The van der Waals surface area contributed by atoms with Gasteiger partial charge in [0.05, 0.1) is 10.1 Å². The molecule has 21 heavy (non-hydrogen) atoms. The smallest absolute Gasteiger partial charge is 0.0753 e.